The van der Waals surface area contributed by atoms with Crippen LogP contribution in [0.2, 0.25) is 0 Å². The molecule has 1 amide bonds. The molecule has 6 nitrogen and oxygen atoms in total. The summed E-state index contributed by atoms with van der Waals surface area (Å²) in [5.74, 6) is -0.603. The second kappa shape index (κ2) is 41.5. The monoisotopic (exact) mass is 754 g/mol. The molecule has 0 heterocycles. The smallest absolute Gasteiger partial charge is 0.306 e. The zero-order valence-corrected chi connectivity index (χ0v) is 35.1. The van der Waals surface area contributed by atoms with Crippen molar-refractivity contribution in [1.29, 1.82) is 0 Å². The molecule has 0 aliphatic heterocycles. The SMILES string of the molecule is CC/C=C/C=C/C=C/C=C\CCCCCC(CC(=O)NC(CO)C(O)CCCCCCCCCCC)OC(=O)CC/C=C/C/C=C\CCCCCCCC. The first-order valence-electron chi connectivity index (χ1n) is 22.2. The van der Waals surface area contributed by atoms with Gasteiger partial charge in [-0.05, 0) is 64.2 Å². The van der Waals surface area contributed by atoms with Crippen LogP contribution in [0.3, 0.4) is 0 Å². The molecule has 0 aromatic carbocycles. The fraction of sp³-hybridized carbons (Fsp3) is 0.708. The third-order valence-corrected chi connectivity index (χ3v) is 9.63. The first kappa shape index (κ1) is 51.3. The Morgan fingerprint density at radius 1 is 0.574 bits per heavy atom. The summed E-state index contributed by atoms with van der Waals surface area (Å²) in [6.45, 7) is 6.26. The van der Waals surface area contributed by atoms with Gasteiger partial charge in [0.1, 0.15) is 6.10 Å². The summed E-state index contributed by atoms with van der Waals surface area (Å²) < 4.78 is 5.84. The molecule has 0 spiro atoms. The lowest BCUT2D eigenvalue weighted by atomic mass is 10.0. The number of rotatable bonds is 38. The molecule has 0 bridgehead atoms. The zero-order chi connectivity index (χ0) is 39.6. The van der Waals surface area contributed by atoms with E-state index in [1.807, 2.05) is 36.5 Å². The molecule has 0 aliphatic carbocycles. The molecular weight excluding hydrogens is 671 g/mol. The third kappa shape index (κ3) is 36.3. The van der Waals surface area contributed by atoms with E-state index in [9.17, 15) is 19.8 Å². The number of hydrogen-bond donors (Lipinski definition) is 3. The van der Waals surface area contributed by atoms with Gasteiger partial charge in [-0.1, -0.05) is 190 Å². The highest BCUT2D eigenvalue weighted by Gasteiger charge is 2.23. The van der Waals surface area contributed by atoms with Gasteiger partial charge in [0.15, 0.2) is 0 Å². The van der Waals surface area contributed by atoms with Crippen LogP contribution in [-0.4, -0.2) is 46.9 Å². The van der Waals surface area contributed by atoms with Gasteiger partial charge in [-0.25, -0.2) is 0 Å². The first-order valence-corrected chi connectivity index (χ1v) is 22.2. The number of hydrogen-bond acceptors (Lipinski definition) is 5. The van der Waals surface area contributed by atoms with Crippen LogP contribution >= 0.6 is 0 Å². The summed E-state index contributed by atoms with van der Waals surface area (Å²) in [5.41, 5.74) is 0. The molecule has 3 unspecified atom stereocenters. The summed E-state index contributed by atoms with van der Waals surface area (Å²) in [5, 5.41) is 23.5. The lowest BCUT2D eigenvalue weighted by Gasteiger charge is -2.24. The lowest BCUT2D eigenvalue weighted by Crippen LogP contribution is -2.46. The number of amides is 1. The van der Waals surface area contributed by atoms with Crippen LogP contribution in [0.25, 0.3) is 0 Å². The van der Waals surface area contributed by atoms with E-state index < -0.39 is 18.2 Å². The topological polar surface area (TPSA) is 95.9 Å². The Hall–Kier alpha value is -2.70. The number of carbonyl (C=O) groups excluding carboxylic acids is 2. The van der Waals surface area contributed by atoms with E-state index in [1.165, 1.54) is 77.0 Å². The van der Waals surface area contributed by atoms with Crippen molar-refractivity contribution in [2.24, 2.45) is 0 Å². The number of allylic oxidation sites excluding steroid dienone is 12. The summed E-state index contributed by atoms with van der Waals surface area (Å²) >= 11 is 0. The molecule has 0 radical (unpaired) electrons. The van der Waals surface area contributed by atoms with Crippen LogP contribution in [0.1, 0.15) is 194 Å². The molecule has 6 heteroatoms. The third-order valence-electron chi connectivity index (χ3n) is 9.63. The van der Waals surface area contributed by atoms with Gasteiger partial charge >= 0.3 is 5.97 Å². The molecule has 0 fully saturated rings. The minimum Gasteiger partial charge on any atom is -0.462 e. The highest BCUT2D eigenvalue weighted by Crippen LogP contribution is 2.16. The molecule has 0 rings (SSSR count). The number of aliphatic hydroxyl groups is 2. The average molecular weight is 754 g/mol. The van der Waals surface area contributed by atoms with Gasteiger partial charge < -0.3 is 20.3 Å². The van der Waals surface area contributed by atoms with Gasteiger partial charge in [0, 0.05) is 6.42 Å². The van der Waals surface area contributed by atoms with Crippen molar-refractivity contribution in [1.82, 2.24) is 5.32 Å². The van der Waals surface area contributed by atoms with Crippen molar-refractivity contribution < 1.29 is 24.5 Å². The van der Waals surface area contributed by atoms with Crippen LogP contribution in [0.5, 0.6) is 0 Å². The van der Waals surface area contributed by atoms with E-state index in [0.29, 0.717) is 19.3 Å². The van der Waals surface area contributed by atoms with Crippen molar-refractivity contribution in [3.8, 4) is 0 Å². The van der Waals surface area contributed by atoms with E-state index in [0.717, 1.165) is 64.2 Å². The summed E-state index contributed by atoms with van der Waals surface area (Å²) in [6.07, 6.45) is 51.1. The highest BCUT2D eigenvalue weighted by atomic mass is 16.5. The molecule has 0 aromatic heterocycles. The molecule has 0 aromatic rings. The summed E-state index contributed by atoms with van der Waals surface area (Å²) in [7, 11) is 0. The van der Waals surface area contributed by atoms with E-state index in [4.69, 9.17) is 4.74 Å². The van der Waals surface area contributed by atoms with Gasteiger partial charge in [0.2, 0.25) is 5.91 Å². The fourth-order valence-corrected chi connectivity index (χ4v) is 6.26. The van der Waals surface area contributed by atoms with Gasteiger partial charge in [-0.2, -0.15) is 0 Å². The number of aliphatic hydroxyl groups excluding tert-OH is 2. The van der Waals surface area contributed by atoms with Crippen molar-refractivity contribution >= 4 is 11.9 Å². The molecule has 310 valence electrons. The maximum Gasteiger partial charge on any atom is 0.306 e. The van der Waals surface area contributed by atoms with Gasteiger partial charge in [-0.3, -0.25) is 9.59 Å². The maximum atomic E-state index is 13.1. The molecule has 0 saturated heterocycles. The largest absolute Gasteiger partial charge is 0.462 e. The summed E-state index contributed by atoms with van der Waals surface area (Å²) in [4.78, 5) is 25.9. The quantitative estimate of drug-likeness (QED) is 0.0252. The second-order valence-corrected chi connectivity index (χ2v) is 14.8. The lowest BCUT2D eigenvalue weighted by molar-refractivity contribution is -0.150. The van der Waals surface area contributed by atoms with Gasteiger partial charge in [0.25, 0.3) is 0 Å². The molecule has 0 saturated carbocycles. The number of nitrogens with one attached hydrogen (secondary N) is 1. The Bertz CT molecular complexity index is 1030. The van der Waals surface area contributed by atoms with E-state index in [1.54, 1.807) is 0 Å². The van der Waals surface area contributed by atoms with Crippen LogP contribution in [0, 0.1) is 0 Å². The van der Waals surface area contributed by atoms with Crippen LogP contribution in [0.15, 0.2) is 72.9 Å². The molecule has 3 N–H and O–H groups in total. The zero-order valence-electron chi connectivity index (χ0n) is 35.1. The minimum absolute atomic E-state index is 0.0257. The van der Waals surface area contributed by atoms with Crippen LogP contribution in [0.4, 0.5) is 0 Å². The predicted molar refractivity (Wildman–Crippen MR) is 231 cm³/mol. The number of carbonyl (C=O) groups is 2. The van der Waals surface area contributed by atoms with E-state index in [-0.39, 0.29) is 31.3 Å². The fourth-order valence-electron chi connectivity index (χ4n) is 6.26. The minimum atomic E-state index is -0.807. The normalized spacial score (nSPS) is 14.1. The second-order valence-electron chi connectivity index (χ2n) is 14.8. The Labute approximate surface area is 332 Å². The Morgan fingerprint density at radius 2 is 1.07 bits per heavy atom. The summed E-state index contributed by atoms with van der Waals surface area (Å²) in [6, 6.07) is -0.725. The molecule has 54 heavy (non-hydrogen) atoms. The van der Waals surface area contributed by atoms with E-state index in [2.05, 4.69) is 62.5 Å². The van der Waals surface area contributed by atoms with Crippen LogP contribution in [-0.2, 0) is 14.3 Å². The van der Waals surface area contributed by atoms with Gasteiger partial charge in [0.05, 0.1) is 25.2 Å². The van der Waals surface area contributed by atoms with E-state index >= 15 is 0 Å². The predicted octanol–water partition coefficient (Wildman–Crippen LogP) is 12.7. The number of unbranched alkanes of at least 4 members (excludes halogenated alkanes) is 17. The van der Waals surface area contributed by atoms with Crippen molar-refractivity contribution in [3.05, 3.63) is 72.9 Å². The Balaban J connectivity index is 4.78. The highest BCUT2D eigenvalue weighted by molar-refractivity contribution is 5.77. The number of esters is 1. The van der Waals surface area contributed by atoms with Gasteiger partial charge in [-0.15, -0.1) is 0 Å². The Morgan fingerprint density at radius 3 is 1.69 bits per heavy atom. The Kier molecular flexibility index (Phi) is 39.4. The molecule has 0 aliphatic rings. The average Bonchev–Trinajstić information content (AvgIpc) is 3.16. The standard InChI is InChI=1S/C48H83NO5/c1-4-7-10-13-16-19-21-23-25-28-30-33-36-39-44(54-48(53)41-38-35-32-29-26-24-22-20-17-14-11-8-5-2)42-47(52)49-45(43-50)46(51)40-37-34-31-27-18-15-12-9-6-3/h7,10,13,16,19,21,23-26,32,35,44-46,50-51H,4-6,8-9,11-12,14-15,17-18,20,22,27-31,33-34,36-43H2,1-3H3,(H,49,52)/b10-7+,16-13+,21-19+,25-23-,26-24-,35-32+. The van der Waals surface area contributed by atoms with Crippen molar-refractivity contribution in [2.75, 3.05) is 6.61 Å². The number of ether oxygens (including phenoxy) is 1. The maximum absolute atomic E-state index is 13.1. The first-order chi connectivity index (χ1) is 26.5. The van der Waals surface area contributed by atoms with Crippen molar-refractivity contribution in [2.45, 2.75) is 212 Å². The van der Waals surface area contributed by atoms with Crippen LogP contribution < -0.4 is 5.32 Å². The molecule has 3 atom stereocenters. The molecular formula is C48H83NO5. The van der Waals surface area contributed by atoms with Crippen molar-refractivity contribution in [3.63, 3.8) is 0 Å².